The Hall–Kier alpha value is -2.46. The third-order valence-corrected chi connectivity index (χ3v) is 21.6. The van der Waals surface area contributed by atoms with Crippen LogP contribution in [0.4, 0.5) is 0 Å². The predicted molar refractivity (Wildman–Crippen MR) is 432 cm³/mol. The molecule has 0 aromatic heterocycles. The number of carbonyl (C=O) groups excluding carboxylic acids is 4. The molecular weight excluding hydrogens is 1370 g/mol. The van der Waals surface area contributed by atoms with Crippen molar-refractivity contribution >= 4 is 39.5 Å². The maximum atomic E-state index is 13.1. The SMILES string of the molecule is CCCCCC/C=C\C=C/CCCCCCCC(=O)O[C@H](COC(=O)CCCCCCCCCCC(C)C)COP(=O)(O)OC[C@H](O)COP(=O)(O)OC[C@@H](COC(=O)CCCCCCCCCCCCCCCCCCCC)OC(=O)CCCCCCCCCCCCCCCCCCCCCCC. The summed E-state index contributed by atoms with van der Waals surface area (Å²) >= 11 is 0. The number of hydrogen-bond acceptors (Lipinski definition) is 15. The van der Waals surface area contributed by atoms with Crippen LogP contribution >= 0.6 is 15.6 Å². The molecule has 0 amide bonds. The fraction of sp³-hybridized carbons (Fsp3) is 0.907. The van der Waals surface area contributed by atoms with Gasteiger partial charge in [-0.3, -0.25) is 37.3 Å². The minimum absolute atomic E-state index is 0.0850. The van der Waals surface area contributed by atoms with Gasteiger partial charge in [-0.05, 0) is 57.3 Å². The van der Waals surface area contributed by atoms with E-state index in [1.54, 1.807) is 0 Å². The molecule has 0 bridgehead atoms. The average molecular weight is 1530 g/mol. The molecule has 0 rings (SSSR count). The summed E-state index contributed by atoms with van der Waals surface area (Å²) < 4.78 is 68.8. The molecule has 0 heterocycles. The van der Waals surface area contributed by atoms with Gasteiger partial charge in [0.1, 0.15) is 19.3 Å². The van der Waals surface area contributed by atoms with E-state index in [2.05, 4.69) is 58.9 Å². The highest BCUT2D eigenvalue weighted by Gasteiger charge is 2.30. The highest BCUT2D eigenvalue weighted by molar-refractivity contribution is 7.47. The highest BCUT2D eigenvalue weighted by Crippen LogP contribution is 2.45. The molecule has 19 heteroatoms. The van der Waals surface area contributed by atoms with Crippen molar-refractivity contribution < 1.29 is 80.2 Å². The van der Waals surface area contributed by atoms with E-state index in [1.807, 2.05) is 0 Å². The molecule has 0 aliphatic rings. The van der Waals surface area contributed by atoms with Crippen molar-refractivity contribution in [3.63, 3.8) is 0 Å². The molecule has 5 atom stereocenters. The molecule has 0 aliphatic heterocycles. The van der Waals surface area contributed by atoms with Crippen LogP contribution in [0.25, 0.3) is 0 Å². The Bertz CT molecular complexity index is 2090. The van der Waals surface area contributed by atoms with E-state index < -0.39 is 97.5 Å². The van der Waals surface area contributed by atoms with Crippen LogP contribution in [0.15, 0.2) is 24.3 Å². The van der Waals surface area contributed by atoms with Crippen LogP contribution in [0.1, 0.15) is 439 Å². The van der Waals surface area contributed by atoms with E-state index in [1.165, 1.54) is 250 Å². The number of unbranched alkanes of at least 4 members (excludes halogenated alkanes) is 53. The normalized spacial score (nSPS) is 13.9. The van der Waals surface area contributed by atoms with Crippen LogP contribution in [0.5, 0.6) is 0 Å². The topological polar surface area (TPSA) is 237 Å². The molecule has 3 N–H and O–H groups in total. The first-order valence-corrected chi connectivity index (χ1v) is 46.9. The number of aliphatic hydroxyl groups excluding tert-OH is 1. The van der Waals surface area contributed by atoms with Gasteiger partial charge in [0, 0.05) is 25.7 Å². The number of esters is 4. The van der Waals surface area contributed by atoms with Gasteiger partial charge in [0.25, 0.3) is 0 Å². The maximum absolute atomic E-state index is 13.1. The van der Waals surface area contributed by atoms with Crippen molar-refractivity contribution in [2.75, 3.05) is 39.6 Å². The van der Waals surface area contributed by atoms with E-state index in [9.17, 15) is 43.2 Å². The lowest BCUT2D eigenvalue weighted by Crippen LogP contribution is -2.30. The van der Waals surface area contributed by atoms with Gasteiger partial charge < -0.3 is 33.8 Å². The Morgan fingerprint density at radius 2 is 0.514 bits per heavy atom. The third-order valence-electron chi connectivity index (χ3n) is 19.7. The zero-order valence-corrected chi connectivity index (χ0v) is 70.1. The summed E-state index contributed by atoms with van der Waals surface area (Å²) in [7, 11) is -9.94. The van der Waals surface area contributed by atoms with Crippen LogP contribution in [0, 0.1) is 5.92 Å². The van der Waals surface area contributed by atoms with Gasteiger partial charge in [-0.2, -0.15) is 0 Å². The molecule has 0 aliphatic carbocycles. The Kier molecular flexibility index (Phi) is 76.4. The molecule has 105 heavy (non-hydrogen) atoms. The third kappa shape index (κ3) is 79.4. The highest BCUT2D eigenvalue weighted by atomic mass is 31.2. The number of phosphoric acid groups is 2. The largest absolute Gasteiger partial charge is 0.472 e. The van der Waals surface area contributed by atoms with E-state index in [0.29, 0.717) is 25.7 Å². The molecule has 0 radical (unpaired) electrons. The second kappa shape index (κ2) is 78.2. The number of carbonyl (C=O) groups is 4. The smallest absolute Gasteiger partial charge is 0.462 e. The average Bonchev–Trinajstić information content (AvgIpc) is 0.912. The van der Waals surface area contributed by atoms with Crippen LogP contribution in [0.3, 0.4) is 0 Å². The van der Waals surface area contributed by atoms with E-state index in [4.69, 9.17) is 37.0 Å². The Morgan fingerprint density at radius 3 is 0.781 bits per heavy atom. The number of allylic oxidation sites excluding steroid dienone is 4. The van der Waals surface area contributed by atoms with Gasteiger partial charge in [-0.1, -0.05) is 386 Å². The lowest BCUT2D eigenvalue weighted by atomic mass is 10.0. The number of rotatable bonds is 84. The Morgan fingerprint density at radius 1 is 0.295 bits per heavy atom. The molecule has 0 saturated heterocycles. The summed E-state index contributed by atoms with van der Waals surface area (Å²) in [6.07, 6.45) is 74.5. The second-order valence-electron chi connectivity index (χ2n) is 30.7. The molecular formula is C86H164O17P2. The van der Waals surface area contributed by atoms with Crippen molar-refractivity contribution in [3.8, 4) is 0 Å². The number of hydrogen-bond donors (Lipinski definition) is 3. The standard InChI is InChI=1S/C86H164O17P2/c1-6-9-12-15-18-21-24-27-30-32-34-35-36-38-41-44-47-50-57-62-67-72-85(90)102-81(75-96-83(88)69-64-59-54-48-45-42-40-37-33-31-28-25-22-19-16-13-10-7-2)77-100-104(92,93)98-73-80(87)74-99-105(94,95)101-78-82(76-97-84(89)70-65-60-55-52-51-53-58-63-68-79(4)5)103-86(91)71-66-61-56-49-46-43-39-29-26-23-20-17-14-11-8-3/h23,26,29,39,79-82,87H,6-22,24-25,27-28,30-38,40-78H2,1-5H3,(H,92,93)(H,94,95)/b26-23-,39-29-/t80-,81-,82-/m1/s1. The minimum atomic E-state index is -4.97. The fourth-order valence-corrected chi connectivity index (χ4v) is 14.5. The monoisotopic (exact) mass is 1530 g/mol. The van der Waals surface area contributed by atoms with Crippen LogP contribution in [0.2, 0.25) is 0 Å². The molecule has 17 nitrogen and oxygen atoms in total. The van der Waals surface area contributed by atoms with Crippen molar-refractivity contribution in [1.82, 2.24) is 0 Å². The molecule has 620 valence electrons. The number of phosphoric ester groups is 2. The predicted octanol–water partition coefficient (Wildman–Crippen LogP) is 25.9. The quantitative estimate of drug-likeness (QED) is 0.0169. The zero-order valence-electron chi connectivity index (χ0n) is 68.4. The number of aliphatic hydroxyl groups is 1. The van der Waals surface area contributed by atoms with E-state index >= 15 is 0 Å². The first-order chi connectivity index (χ1) is 51.0. The summed E-state index contributed by atoms with van der Waals surface area (Å²) in [5.41, 5.74) is 0. The summed E-state index contributed by atoms with van der Waals surface area (Å²) in [6, 6.07) is 0. The first kappa shape index (κ1) is 103. The molecule has 0 aromatic carbocycles. The summed E-state index contributed by atoms with van der Waals surface area (Å²) in [5, 5.41) is 10.7. The van der Waals surface area contributed by atoms with Gasteiger partial charge in [0.05, 0.1) is 26.4 Å². The van der Waals surface area contributed by atoms with Gasteiger partial charge in [-0.15, -0.1) is 0 Å². The zero-order chi connectivity index (χ0) is 76.9. The van der Waals surface area contributed by atoms with Gasteiger partial charge in [-0.25, -0.2) is 9.13 Å². The van der Waals surface area contributed by atoms with Crippen molar-refractivity contribution in [2.24, 2.45) is 5.92 Å². The van der Waals surface area contributed by atoms with Crippen molar-refractivity contribution in [2.45, 2.75) is 457 Å². The molecule has 2 unspecified atom stereocenters. The summed E-state index contributed by atoms with van der Waals surface area (Å²) in [5.74, 6) is -1.41. The number of ether oxygens (including phenoxy) is 4. The molecule has 0 fully saturated rings. The van der Waals surface area contributed by atoms with Gasteiger partial charge in [0.15, 0.2) is 12.2 Å². The van der Waals surface area contributed by atoms with E-state index in [0.717, 1.165) is 109 Å². The summed E-state index contributed by atoms with van der Waals surface area (Å²) in [6.45, 7) is 7.25. The van der Waals surface area contributed by atoms with Gasteiger partial charge in [0.2, 0.25) is 0 Å². The Balaban J connectivity index is 5.26. The Labute approximate surface area is 643 Å². The maximum Gasteiger partial charge on any atom is 0.472 e. The van der Waals surface area contributed by atoms with Crippen LogP contribution in [-0.2, 0) is 65.4 Å². The lowest BCUT2D eigenvalue weighted by molar-refractivity contribution is -0.161. The summed E-state index contributed by atoms with van der Waals surface area (Å²) in [4.78, 5) is 73.2. The molecule has 0 spiro atoms. The van der Waals surface area contributed by atoms with Crippen LogP contribution in [-0.4, -0.2) is 96.7 Å². The van der Waals surface area contributed by atoms with E-state index in [-0.39, 0.29) is 25.7 Å². The van der Waals surface area contributed by atoms with Gasteiger partial charge >= 0.3 is 39.5 Å². The lowest BCUT2D eigenvalue weighted by Gasteiger charge is -2.21. The second-order valence-corrected chi connectivity index (χ2v) is 33.6. The fourth-order valence-electron chi connectivity index (χ4n) is 12.9. The minimum Gasteiger partial charge on any atom is -0.462 e. The van der Waals surface area contributed by atoms with Crippen molar-refractivity contribution in [1.29, 1.82) is 0 Å². The van der Waals surface area contributed by atoms with Crippen molar-refractivity contribution in [3.05, 3.63) is 24.3 Å². The van der Waals surface area contributed by atoms with Crippen LogP contribution < -0.4 is 0 Å². The molecule has 0 aromatic rings. The first-order valence-electron chi connectivity index (χ1n) is 44.0. The molecule has 0 saturated carbocycles.